The highest BCUT2D eigenvalue weighted by molar-refractivity contribution is 5.75. The molecule has 4 N–H and O–H groups in total. The van der Waals surface area contributed by atoms with Crippen LogP contribution in [0, 0.1) is 6.92 Å². The maximum atomic E-state index is 13.8. The number of benzene rings is 4. The lowest BCUT2D eigenvalue weighted by molar-refractivity contribution is -0.274. The number of hydrogen-bond donors (Lipinski definition) is 4. The molecule has 57 heavy (non-hydrogen) atoms. The summed E-state index contributed by atoms with van der Waals surface area (Å²) in [5, 5.41) is 18.9. The van der Waals surface area contributed by atoms with Crippen LogP contribution in [0.3, 0.4) is 0 Å². The number of anilines is 3. The number of aliphatic carboxylic acids is 1. The van der Waals surface area contributed by atoms with Gasteiger partial charge >= 0.3 is 12.3 Å². The van der Waals surface area contributed by atoms with Gasteiger partial charge in [-0.2, -0.15) is 0 Å². The highest BCUT2D eigenvalue weighted by Crippen LogP contribution is 2.37. The first kappa shape index (κ1) is 38.6. The maximum absolute atomic E-state index is 13.8. The van der Waals surface area contributed by atoms with Gasteiger partial charge in [0.1, 0.15) is 35.5 Å². The number of ether oxygens (including phenoxy) is 2. The second kappa shape index (κ2) is 16.6. The number of fused-ring (bicyclic) bond motifs is 1. The number of aromatic nitrogens is 4. The van der Waals surface area contributed by atoms with Gasteiger partial charge in [0.25, 0.3) is 0 Å². The van der Waals surface area contributed by atoms with Crippen LogP contribution in [0.15, 0.2) is 103 Å². The van der Waals surface area contributed by atoms with Crippen LogP contribution in [-0.2, 0) is 11.2 Å². The van der Waals surface area contributed by atoms with Crippen molar-refractivity contribution in [2.75, 3.05) is 29.6 Å². The Morgan fingerprint density at radius 2 is 1.60 bits per heavy atom. The van der Waals surface area contributed by atoms with Gasteiger partial charge in [-0.05, 0) is 92.3 Å². The van der Waals surface area contributed by atoms with Gasteiger partial charge < -0.3 is 30.5 Å². The van der Waals surface area contributed by atoms with Crippen molar-refractivity contribution < 1.29 is 32.5 Å². The Labute approximate surface area is 327 Å². The minimum Gasteiger partial charge on any atom is -0.497 e. The van der Waals surface area contributed by atoms with Crippen LogP contribution >= 0.6 is 0 Å². The summed E-state index contributed by atoms with van der Waals surface area (Å²) in [6, 6.07) is 30.2. The molecular weight excluding hydrogens is 736 g/mol. The van der Waals surface area contributed by atoms with Gasteiger partial charge in [0, 0.05) is 34.5 Å². The van der Waals surface area contributed by atoms with Gasteiger partial charge in [-0.25, -0.2) is 19.9 Å². The predicted octanol–water partition coefficient (Wildman–Crippen LogP) is 9.64. The van der Waals surface area contributed by atoms with Crippen molar-refractivity contribution >= 4 is 23.3 Å². The molecule has 0 fully saturated rings. The molecule has 0 spiro atoms. The van der Waals surface area contributed by atoms with E-state index in [0.29, 0.717) is 51.4 Å². The molecule has 0 amide bonds. The summed E-state index contributed by atoms with van der Waals surface area (Å²) in [6.45, 7) is 3.40. The van der Waals surface area contributed by atoms with E-state index in [0.717, 1.165) is 24.8 Å². The van der Waals surface area contributed by atoms with Gasteiger partial charge in [-0.15, -0.1) is 13.2 Å². The van der Waals surface area contributed by atoms with Crippen molar-refractivity contribution in [2.24, 2.45) is 0 Å². The second-order valence-electron chi connectivity index (χ2n) is 13.7. The van der Waals surface area contributed by atoms with Crippen molar-refractivity contribution in [3.63, 3.8) is 0 Å². The molecule has 0 saturated carbocycles. The first-order chi connectivity index (χ1) is 27.4. The summed E-state index contributed by atoms with van der Waals surface area (Å²) in [7, 11) is 1.55. The molecule has 1 aliphatic rings. The summed E-state index contributed by atoms with van der Waals surface area (Å²) in [5.74, 6) is 0.614. The minimum atomic E-state index is -4.97. The molecule has 0 saturated heterocycles. The summed E-state index contributed by atoms with van der Waals surface area (Å²) < 4.78 is 51.4. The molecule has 6 aromatic rings. The van der Waals surface area contributed by atoms with Crippen LogP contribution in [0.1, 0.15) is 54.4 Å². The Morgan fingerprint density at radius 3 is 2.40 bits per heavy atom. The number of halogens is 3. The number of methoxy groups -OCH3 is 1. The monoisotopic (exact) mass is 775 g/mol. The van der Waals surface area contributed by atoms with Crippen molar-refractivity contribution in [3.8, 4) is 45.4 Å². The number of aryl methyl sites for hydroxylation is 2. The van der Waals surface area contributed by atoms with E-state index in [9.17, 15) is 18.0 Å². The highest BCUT2D eigenvalue weighted by atomic mass is 19.4. The number of alkyl halides is 3. The fourth-order valence-corrected chi connectivity index (χ4v) is 6.92. The lowest BCUT2D eigenvalue weighted by Crippen LogP contribution is -2.18. The first-order valence-corrected chi connectivity index (χ1v) is 18.4. The zero-order valence-electron chi connectivity index (χ0n) is 31.4. The number of rotatable bonds is 13. The van der Waals surface area contributed by atoms with Crippen LogP contribution in [-0.4, -0.2) is 51.0 Å². The van der Waals surface area contributed by atoms with E-state index >= 15 is 0 Å². The Bertz CT molecular complexity index is 2410. The SMILES string of the molecule is COc1cccc(-c2cc(NC(C)c3cccc(NCC(=O)O)c3)nc(-c3cc(OC(F)(F)F)cc(-c4cc(N[C@@H]5CCCc6ccccc65)nc(C)n4)c3)n2)c1. The molecule has 11 nitrogen and oxygen atoms in total. The zero-order valence-corrected chi connectivity index (χ0v) is 31.4. The Hall–Kier alpha value is -6.70. The molecular formula is C43H40F3N7O4. The first-order valence-electron chi connectivity index (χ1n) is 18.4. The number of carboxylic acids is 1. The predicted molar refractivity (Wildman–Crippen MR) is 212 cm³/mol. The molecule has 0 radical (unpaired) electrons. The lowest BCUT2D eigenvalue weighted by Gasteiger charge is -2.27. The molecule has 7 rings (SSSR count). The van der Waals surface area contributed by atoms with E-state index in [-0.39, 0.29) is 30.0 Å². The van der Waals surface area contributed by atoms with Gasteiger partial charge in [0.05, 0.1) is 30.6 Å². The number of carbonyl (C=O) groups is 1. The number of carboxylic acid groups (broad SMARTS) is 1. The van der Waals surface area contributed by atoms with E-state index in [1.54, 1.807) is 50.4 Å². The summed E-state index contributed by atoms with van der Waals surface area (Å²) in [5.41, 5.74) is 6.06. The molecule has 14 heteroatoms. The third-order valence-corrected chi connectivity index (χ3v) is 9.51. The molecule has 1 aliphatic carbocycles. The van der Waals surface area contributed by atoms with E-state index in [1.807, 2.05) is 49.4 Å². The van der Waals surface area contributed by atoms with E-state index < -0.39 is 18.1 Å². The van der Waals surface area contributed by atoms with Gasteiger partial charge in [0.15, 0.2) is 5.82 Å². The van der Waals surface area contributed by atoms with Crippen molar-refractivity contribution in [1.82, 2.24) is 19.9 Å². The van der Waals surface area contributed by atoms with E-state index in [1.165, 1.54) is 23.3 Å². The van der Waals surface area contributed by atoms with Crippen LogP contribution in [0.2, 0.25) is 0 Å². The highest BCUT2D eigenvalue weighted by Gasteiger charge is 2.32. The standard InChI is InChI=1S/C43H40F3N7O4/c1-25(28-11-6-13-32(18-28)47-24-41(54)55)48-39-22-37(29-12-7-14-33(19-29)56-3)52-42(53-39)31-17-30(20-34(21-31)57-43(44,45)46)38-23-40(50-26(2)49-38)51-36-16-8-10-27-9-4-5-15-35(27)36/h4-7,9,11-15,17-23,25,36,47H,8,10,16,24H2,1-3H3,(H,54,55)(H,48,52,53)(H,49,50,51)/t25?,36-/m1/s1. The Morgan fingerprint density at radius 1 is 0.842 bits per heavy atom. The fourth-order valence-electron chi connectivity index (χ4n) is 6.92. The molecule has 2 aromatic heterocycles. The van der Waals surface area contributed by atoms with E-state index in [2.05, 4.69) is 42.8 Å². The maximum Gasteiger partial charge on any atom is 0.573 e. The molecule has 4 aromatic carbocycles. The Balaban J connectivity index is 1.29. The normalized spacial score (nSPS) is 14.2. The van der Waals surface area contributed by atoms with Crippen LogP contribution in [0.4, 0.5) is 30.5 Å². The average Bonchev–Trinajstić information content (AvgIpc) is 3.19. The fraction of sp³-hybridized carbons (Fsp3) is 0.233. The topological polar surface area (TPSA) is 143 Å². The van der Waals surface area contributed by atoms with Crippen LogP contribution in [0.5, 0.6) is 11.5 Å². The van der Waals surface area contributed by atoms with Crippen molar-refractivity contribution in [1.29, 1.82) is 0 Å². The quantitative estimate of drug-likeness (QED) is 0.0891. The van der Waals surface area contributed by atoms with E-state index in [4.69, 9.17) is 19.8 Å². The molecule has 0 bridgehead atoms. The number of hydrogen-bond acceptors (Lipinski definition) is 10. The average molecular weight is 776 g/mol. The number of nitrogens with one attached hydrogen (secondary N) is 3. The molecule has 292 valence electrons. The van der Waals surface area contributed by atoms with Crippen LogP contribution in [0.25, 0.3) is 33.9 Å². The Kier molecular flexibility index (Phi) is 11.2. The van der Waals surface area contributed by atoms with Gasteiger partial charge in [-0.1, -0.05) is 48.5 Å². The summed E-state index contributed by atoms with van der Waals surface area (Å²) >= 11 is 0. The minimum absolute atomic E-state index is 0.0112. The molecule has 2 heterocycles. The smallest absolute Gasteiger partial charge is 0.497 e. The summed E-state index contributed by atoms with van der Waals surface area (Å²) in [6.07, 6.45) is -2.07. The van der Waals surface area contributed by atoms with Gasteiger partial charge in [-0.3, -0.25) is 4.79 Å². The molecule has 2 atom stereocenters. The number of nitrogens with zero attached hydrogens (tertiary/aromatic N) is 4. The third kappa shape index (κ3) is 9.76. The third-order valence-electron chi connectivity index (χ3n) is 9.51. The van der Waals surface area contributed by atoms with Gasteiger partial charge in [0.2, 0.25) is 0 Å². The van der Waals surface area contributed by atoms with Crippen LogP contribution < -0.4 is 25.4 Å². The summed E-state index contributed by atoms with van der Waals surface area (Å²) in [4.78, 5) is 30.0. The van der Waals surface area contributed by atoms with Crippen molar-refractivity contribution in [3.05, 3.63) is 126 Å². The second-order valence-corrected chi connectivity index (χ2v) is 13.7. The molecule has 1 unspecified atom stereocenters. The van der Waals surface area contributed by atoms with Crippen molar-refractivity contribution in [2.45, 2.75) is 51.6 Å². The molecule has 0 aliphatic heterocycles. The lowest BCUT2D eigenvalue weighted by atomic mass is 9.88. The largest absolute Gasteiger partial charge is 0.573 e. The zero-order chi connectivity index (χ0) is 40.1.